The summed E-state index contributed by atoms with van der Waals surface area (Å²) in [5, 5.41) is 12.4. The predicted molar refractivity (Wildman–Crippen MR) is 63.9 cm³/mol. The molecular weight excluding hydrogens is 228 g/mol. The molecule has 0 saturated heterocycles. The van der Waals surface area contributed by atoms with Crippen LogP contribution in [0.25, 0.3) is 0 Å². The molecule has 5 heteroatoms. The smallest absolute Gasteiger partial charge is 0.326 e. The van der Waals surface area contributed by atoms with Crippen LogP contribution >= 0.6 is 11.6 Å². The van der Waals surface area contributed by atoms with Gasteiger partial charge in [-0.3, -0.25) is 4.98 Å². The van der Waals surface area contributed by atoms with Crippen LogP contribution in [0.15, 0.2) is 12.3 Å². The van der Waals surface area contributed by atoms with E-state index >= 15 is 0 Å². The van der Waals surface area contributed by atoms with Gasteiger partial charge in [0.2, 0.25) is 0 Å². The summed E-state index contributed by atoms with van der Waals surface area (Å²) in [6.07, 6.45) is 2.97. The molecular formula is C11H15ClN2O2. The predicted octanol–water partition coefficient (Wildman–Crippen LogP) is 2.71. The number of carbonyl (C=O) groups is 1. The molecule has 2 N–H and O–H groups in total. The highest BCUT2D eigenvalue weighted by Gasteiger charge is 2.17. The molecule has 1 atom stereocenters. The number of aryl methyl sites for hydroxylation is 1. The topological polar surface area (TPSA) is 62.2 Å². The van der Waals surface area contributed by atoms with Crippen molar-refractivity contribution >= 4 is 23.3 Å². The fourth-order valence-electron chi connectivity index (χ4n) is 1.39. The number of nitrogens with one attached hydrogen (secondary N) is 1. The Morgan fingerprint density at radius 1 is 1.69 bits per heavy atom. The van der Waals surface area contributed by atoms with Crippen LogP contribution < -0.4 is 5.32 Å². The van der Waals surface area contributed by atoms with Gasteiger partial charge in [0.1, 0.15) is 6.04 Å². The fourth-order valence-corrected chi connectivity index (χ4v) is 1.56. The van der Waals surface area contributed by atoms with Crippen LogP contribution in [0, 0.1) is 6.92 Å². The van der Waals surface area contributed by atoms with Crippen molar-refractivity contribution in [1.82, 2.24) is 4.98 Å². The molecule has 0 aliphatic carbocycles. The third-order valence-electron chi connectivity index (χ3n) is 2.27. The third kappa shape index (κ3) is 3.10. The van der Waals surface area contributed by atoms with Gasteiger partial charge in [-0.2, -0.15) is 0 Å². The van der Waals surface area contributed by atoms with E-state index in [-0.39, 0.29) is 0 Å². The van der Waals surface area contributed by atoms with Gasteiger partial charge in [-0.1, -0.05) is 24.9 Å². The Morgan fingerprint density at radius 3 is 2.94 bits per heavy atom. The van der Waals surface area contributed by atoms with Gasteiger partial charge < -0.3 is 10.4 Å². The maximum Gasteiger partial charge on any atom is 0.326 e. The highest BCUT2D eigenvalue weighted by molar-refractivity contribution is 6.33. The maximum absolute atomic E-state index is 11.0. The van der Waals surface area contributed by atoms with Crippen molar-refractivity contribution in [1.29, 1.82) is 0 Å². The number of nitrogens with zero attached hydrogens (tertiary/aromatic N) is 1. The molecule has 0 radical (unpaired) electrons. The summed E-state index contributed by atoms with van der Waals surface area (Å²) in [7, 11) is 0. The van der Waals surface area contributed by atoms with Crippen LogP contribution in [0.4, 0.5) is 5.69 Å². The quantitative estimate of drug-likeness (QED) is 0.834. The number of aliphatic carboxylic acids is 1. The number of halogens is 1. The van der Waals surface area contributed by atoms with Gasteiger partial charge >= 0.3 is 5.97 Å². The van der Waals surface area contributed by atoms with E-state index in [4.69, 9.17) is 16.7 Å². The molecule has 4 nitrogen and oxygen atoms in total. The van der Waals surface area contributed by atoms with Gasteiger partial charge in [0.15, 0.2) is 0 Å². The zero-order valence-corrected chi connectivity index (χ0v) is 10.1. The summed E-state index contributed by atoms with van der Waals surface area (Å²) < 4.78 is 0. The van der Waals surface area contributed by atoms with E-state index in [0.29, 0.717) is 22.8 Å². The molecule has 1 aromatic heterocycles. The van der Waals surface area contributed by atoms with Gasteiger partial charge in [0.05, 0.1) is 16.4 Å². The second-order valence-electron chi connectivity index (χ2n) is 3.58. The number of hydrogen-bond donors (Lipinski definition) is 2. The van der Waals surface area contributed by atoms with Crippen molar-refractivity contribution in [3.05, 3.63) is 23.0 Å². The standard InChI is InChI=1S/C11H15ClN2O2/c1-3-4-9(11(15)16)14-8-5-6-13-7(2)10(8)12/h5-6,9H,3-4H2,1-2H3,(H,13,14)(H,15,16). The summed E-state index contributed by atoms with van der Waals surface area (Å²) in [6, 6.07) is 1.07. The minimum atomic E-state index is -0.868. The zero-order chi connectivity index (χ0) is 12.1. The van der Waals surface area contributed by atoms with Crippen LogP contribution in [0.3, 0.4) is 0 Å². The van der Waals surface area contributed by atoms with Crippen molar-refractivity contribution < 1.29 is 9.90 Å². The summed E-state index contributed by atoms with van der Waals surface area (Å²) in [6.45, 7) is 3.72. The second-order valence-corrected chi connectivity index (χ2v) is 3.96. The molecule has 16 heavy (non-hydrogen) atoms. The SMILES string of the molecule is CCCC(Nc1ccnc(C)c1Cl)C(=O)O. The molecule has 1 unspecified atom stereocenters. The number of carboxylic acids is 1. The van der Waals surface area contributed by atoms with E-state index in [1.54, 1.807) is 19.2 Å². The van der Waals surface area contributed by atoms with Crippen LogP contribution in [-0.2, 0) is 4.79 Å². The number of anilines is 1. The maximum atomic E-state index is 11.0. The van der Waals surface area contributed by atoms with Crippen molar-refractivity contribution in [3.63, 3.8) is 0 Å². The minimum Gasteiger partial charge on any atom is -0.480 e. The molecule has 1 rings (SSSR count). The van der Waals surface area contributed by atoms with Crippen LogP contribution in [0.2, 0.25) is 5.02 Å². The number of rotatable bonds is 5. The molecule has 0 fully saturated rings. The second kappa shape index (κ2) is 5.70. The molecule has 0 aliphatic rings. The number of carboxylic acid groups (broad SMARTS) is 1. The van der Waals surface area contributed by atoms with Crippen molar-refractivity contribution in [2.45, 2.75) is 32.7 Å². The Morgan fingerprint density at radius 2 is 2.38 bits per heavy atom. The normalized spacial score (nSPS) is 12.2. The summed E-state index contributed by atoms with van der Waals surface area (Å²) >= 11 is 6.02. The summed E-state index contributed by atoms with van der Waals surface area (Å²) in [4.78, 5) is 15.0. The lowest BCUT2D eigenvalue weighted by molar-refractivity contribution is -0.138. The first-order valence-corrected chi connectivity index (χ1v) is 5.54. The highest BCUT2D eigenvalue weighted by Crippen LogP contribution is 2.24. The lowest BCUT2D eigenvalue weighted by atomic mass is 10.1. The average Bonchev–Trinajstić information content (AvgIpc) is 2.23. The Balaban J connectivity index is 2.85. The van der Waals surface area contributed by atoms with Crippen molar-refractivity contribution in [2.24, 2.45) is 0 Å². The van der Waals surface area contributed by atoms with E-state index in [9.17, 15) is 4.79 Å². The molecule has 0 aromatic carbocycles. The third-order valence-corrected chi connectivity index (χ3v) is 2.75. The molecule has 0 aliphatic heterocycles. The van der Waals surface area contributed by atoms with Gasteiger partial charge in [-0.15, -0.1) is 0 Å². The minimum absolute atomic E-state index is 0.477. The molecule has 1 heterocycles. The first-order chi connectivity index (χ1) is 7.56. The lowest BCUT2D eigenvalue weighted by Gasteiger charge is -2.16. The van der Waals surface area contributed by atoms with Gasteiger partial charge in [-0.05, 0) is 19.4 Å². The Bertz CT molecular complexity index is 382. The monoisotopic (exact) mass is 242 g/mol. The van der Waals surface area contributed by atoms with Crippen LogP contribution in [0.5, 0.6) is 0 Å². The Hall–Kier alpha value is -1.29. The van der Waals surface area contributed by atoms with E-state index < -0.39 is 12.0 Å². The van der Waals surface area contributed by atoms with E-state index in [1.165, 1.54) is 0 Å². The summed E-state index contributed by atoms with van der Waals surface area (Å²) in [5.74, 6) is -0.868. The molecule has 1 aromatic rings. The van der Waals surface area contributed by atoms with Crippen molar-refractivity contribution in [3.8, 4) is 0 Å². The Kier molecular flexibility index (Phi) is 4.55. The average molecular weight is 243 g/mol. The molecule has 0 amide bonds. The van der Waals surface area contributed by atoms with Crippen molar-refractivity contribution in [2.75, 3.05) is 5.32 Å². The molecule has 0 saturated carbocycles. The molecule has 0 bridgehead atoms. The van der Waals surface area contributed by atoms with Crippen LogP contribution in [-0.4, -0.2) is 22.1 Å². The first kappa shape index (κ1) is 12.8. The van der Waals surface area contributed by atoms with Crippen LogP contribution in [0.1, 0.15) is 25.5 Å². The molecule has 88 valence electrons. The lowest BCUT2D eigenvalue weighted by Crippen LogP contribution is -2.29. The Labute approximate surface area is 99.6 Å². The van der Waals surface area contributed by atoms with Gasteiger partial charge in [0, 0.05) is 6.20 Å². The number of hydrogen-bond acceptors (Lipinski definition) is 3. The zero-order valence-electron chi connectivity index (χ0n) is 9.33. The van der Waals surface area contributed by atoms with E-state index in [0.717, 1.165) is 6.42 Å². The summed E-state index contributed by atoms with van der Waals surface area (Å²) in [5.41, 5.74) is 1.31. The highest BCUT2D eigenvalue weighted by atomic mass is 35.5. The fraction of sp³-hybridized carbons (Fsp3) is 0.455. The number of pyridine rings is 1. The first-order valence-electron chi connectivity index (χ1n) is 5.16. The van der Waals surface area contributed by atoms with E-state index in [1.807, 2.05) is 6.92 Å². The van der Waals surface area contributed by atoms with E-state index in [2.05, 4.69) is 10.3 Å². The van der Waals surface area contributed by atoms with Gasteiger partial charge in [0.25, 0.3) is 0 Å². The molecule has 0 spiro atoms. The largest absolute Gasteiger partial charge is 0.480 e. The van der Waals surface area contributed by atoms with Gasteiger partial charge in [-0.25, -0.2) is 4.79 Å². The number of aromatic nitrogens is 1.